The minimum atomic E-state index is 0.871. The molecule has 0 spiro atoms. The zero-order valence-electron chi connectivity index (χ0n) is 11.0. The highest BCUT2D eigenvalue weighted by Crippen LogP contribution is 2.31. The Balaban J connectivity index is 2.01. The molecule has 1 aromatic heterocycles. The standard InChI is InChI=1S/C16H15N3/c1-11-7-9-13(10-8-11)18-19-16-12(2)17-15-6-4-3-5-14(15)16/h3-10,17H,1-2H3. The van der Waals surface area contributed by atoms with Crippen LogP contribution in [-0.2, 0) is 0 Å². The first-order valence-electron chi connectivity index (χ1n) is 6.30. The third-order valence-electron chi connectivity index (χ3n) is 3.16. The second-order valence-corrected chi connectivity index (χ2v) is 4.68. The van der Waals surface area contributed by atoms with Crippen LogP contribution in [0.2, 0.25) is 0 Å². The summed E-state index contributed by atoms with van der Waals surface area (Å²) in [6, 6.07) is 16.2. The van der Waals surface area contributed by atoms with Crippen LogP contribution in [0.25, 0.3) is 10.9 Å². The highest BCUT2D eigenvalue weighted by atomic mass is 15.1. The molecule has 0 atom stereocenters. The molecule has 3 aromatic rings. The van der Waals surface area contributed by atoms with Crippen LogP contribution in [0.3, 0.4) is 0 Å². The van der Waals surface area contributed by atoms with E-state index in [0.717, 1.165) is 28.0 Å². The molecule has 3 heteroatoms. The molecule has 0 amide bonds. The van der Waals surface area contributed by atoms with Crippen molar-refractivity contribution in [2.24, 2.45) is 10.2 Å². The molecular weight excluding hydrogens is 234 g/mol. The fourth-order valence-corrected chi connectivity index (χ4v) is 2.11. The monoisotopic (exact) mass is 249 g/mol. The summed E-state index contributed by atoms with van der Waals surface area (Å²) in [7, 11) is 0. The van der Waals surface area contributed by atoms with E-state index in [4.69, 9.17) is 0 Å². The molecule has 0 aliphatic rings. The quantitative estimate of drug-likeness (QED) is 0.606. The van der Waals surface area contributed by atoms with Gasteiger partial charge < -0.3 is 4.98 Å². The maximum absolute atomic E-state index is 4.39. The van der Waals surface area contributed by atoms with Gasteiger partial charge in [0, 0.05) is 16.6 Å². The van der Waals surface area contributed by atoms with Crippen molar-refractivity contribution in [1.29, 1.82) is 0 Å². The van der Waals surface area contributed by atoms with Gasteiger partial charge in [0.2, 0.25) is 0 Å². The van der Waals surface area contributed by atoms with Crippen molar-refractivity contribution in [3.05, 3.63) is 59.8 Å². The van der Waals surface area contributed by atoms with E-state index in [0.29, 0.717) is 0 Å². The fourth-order valence-electron chi connectivity index (χ4n) is 2.11. The Morgan fingerprint density at radius 1 is 0.842 bits per heavy atom. The van der Waals surface area contributed by atoms with Crippen molar-refractivity contribution in [3.63, 3.8) is 0 Å². The highest BCUT2D eigenvalue weighted by molar-refractivity contribution is 5.92. The van der Waals surface area contributed by atoms with Crippen LogP contribution in [0.5, 0.6) is 0 Å². The van der Waals surface area contributed by atoms with E-state index in [1.54, 1.807) is 0 Å². The van der Waals surface area contributed by atoms with Crippen LogP contribution in [0.15, 0.2) is 58.8 Å². The summed E-state index contributed by atoms with van der Waals surface area (Å²) < 4.78 is 0. The summed E-state index contributed by atoms with van der Waals surface area (Å²) >= 11 is 0. The van der Waals surface area contributed by atoms with E-state index in [1.807, 2.05) is 49.4 Å². The number of fused-ring (bicyclic) bond motifs is 1. The van der Waals surface area contributed by atoms with Crippen LogP contribution >= 0.6 is 0 Å². The summed E-state index contributed by atoms with van der Waals surface area (Å²) in [6.45, 7) is 4.08. The highest BCUT2D eigenvalue weighted by Gasteiger charge is 2.06. The minimum Gasteiger partial charge on any atom is -0.357 e. The number of hydrogen-bond donors (Lipinski definition) is 1. The predicted molar refractivity (Wildman–Crippen MR) is 78.4 cm³/mol. The van der Waals surface area contributed by atoms with Gasteiger partial charge in [-0.25, -0.2) is 0 Å². The molecule has 0 saturated carbocycles. The van der Waals surface area contributed by atoms with Crippen molar-refractivity contribution >= 4 is 22.3 Å². The van der Waals surface area contributed by atoms with E-state index in [-0.39, 0.29) is 0 Å². The Hall–Kier alpha value is -2.42. The summed E-state index contributed by atoms with van der Waals surface area (Å²) in [6.07, 6.45) is 0. The van der Waals surface area contributed by atoms with Gasteiger partial charge in [-0.15, -0.1) is 5.11 Å². The first-order chi connectivity index (χ1) is 9.24. The Labute approximate surface area is 112 Å². The number of H-pyrrole nitrogens is 1. The second-order valence-electron chi connectivity index (χ2n) is 4.68. The Kier molecular flexibility index (Phi) is 2.88. The average Bonchev–Trinajstić information content (AvgIpc) is 2.74. The normalized spacial score (nSPS) is 11.5. The third-order valence-corrected chi connectivity index (χ3v) is 3.16. The second kappa shape index (κ2) is 4.69. The zero-order valence-corrected chi connectivity index (χ0v) is 11.0. The molecule has 19 heavy (non-hydrogen) atoms. The van der Waals surface area contributed by atoms with Gasteiger partial charge in [0.1, 0.15) is 5.69 Å². The van der Waals surface area contributed by atoms with Gasteiger partial charge in [0.25, 0.3) is 0 Å². The van der Waals surface area contributed by atoms with Crippen molar-refractivity contribution in [1.82, 2.24) is 4.98 Å². The number of rotatable bonds is 2. The lowest BCUT2D eigenvalue weighted by Gasteiger charge is -1.94. The number of para-hydroxylation sites is 1. The largest absolute Gasteiger partial charge is 0.357 e. The molecule has 0 bridgehead atoms. The van der Waals surface area contributed by atoms with E-state index < -0.39 is 0 Å². The van der Waals surface area contributed by atoms with E-state index in [1.165, 1.54) is 5.56 Å². The molecule has 3 rings (SSSR count). The molecule has 0 fully saturated rings. The minimum absolute atomic E-state index is 0.871. The molecule has 0 unspecified atom stereocenters. The molecule has 0 aliphatic carbocycles. The Morgan fingerprint density at radius 3 is 2.37 bits per heavy atom. The fraction of sp³-hybridized carbons (Fsp3) is 0.125. The molecule has 1 heterocycles. The van der Waals surface area contributed by atoms with Gasteiger partial charge in [0.05, 0.1) is 5.69 Å². The molecule has 0 radical (unpaired) electrons. The topological polar surface area (TPSA) is 40.5 Å². The number of benzene rings is 2. The van der Waals surface area contributed by atoms with Crippen molar-refractivity contribution in [3.8, 4) is 0 Å². The number of nitrogens with one attached hydrogen (secondary N) is 1. The van der Waals surface area contributed by atoms with E-state index >= 15 is 0 Å². The molecule has 94 valence electrons. The van der Waals surface area contributed by atoms with Crippen molar-refractivity contribution in [2.75, 3.05) is 0 Å². The van der Waals surface area contributed by atoms with Crippen LogP contribution in [-0.4, -0.2) is 4.98 Å². The van der Waals surface area contributed by atoms with E-state index in [2.05, 4.69) is 28.2 Å². The average molecular weight is 249 g/mol. The smallest absolute Gasteiger partial charge is 0.114 e. The summed E-state index contributed by atoms with van der Waals surface area (Å²) in [5, 5.41) is 9.80. The predicted octanol–water partition coefficient (Wildman–Crippen LogP) is 5.20. The molecular formula is C16H15N3. The zero-order chi connectivity index (χ0) is 13.2. The van der Waals surface area contributed by atoms with Crippen LogP contribution in [0.1, 0.15) is 11.3 Å². The Morgan fingerprint density at radius 2 is 1.58 bits per heavy atom. The Bertz CT molecular complexity index is 736. The first kappa shape index (κ1) is 11.7. The van der Waals surface area contributed by atoms with Gasteiger partial charge in [-0.05, 0) is 32.0 Å². The van der Waals surface area contributed by atoms with Crippen LogP contribution in [0, 0.1) is 13.8 Å². The molecule has 0 aliphatic heterocycles. The lowest BCUT2D eigenvalue weighted by atomic mass is 10.2. The number of hydrogen-bond acceptors (Lipinski definition) is 2. The number of aromatic amines is 1. The van der Waals surface area contributed by atoms with Crippen LogP contribution in [0.4, 0.5) is 11.4 Å². The lowest BCUT2D eigenvalue weighted by Crippen LogP contribution is -1.69. The van der Waals surface area contributed by atoms with Crippen molar-refractivity contribution < 1.29 is 0 Å². The van der Waals surface area contributed by atoms with Gasteiger partial charge in [0.15, 0.2) is 0 Å². The number of aromatic nitrogens is 1. The van der Waals surface area contributed by atoms with Gasteiger partial charge in [-0.3, -0.25) is 0 Å². The molecule has 0 saturated heterocycles. The SMILES string of the molecule is Cc1ccc(N=Nc2c(C)[nH]c3ccccc23)cc1. The maximum atomic E-state index is 4.39. The summed E-state index contributed by atoms with van der Waals surface area (Å²) in [4.78, 5) is 3.32. The molecule has 2 aromatic carbocycles. The first-order valence-corrected chi connectivity index (χ1v) is 6.30. The maximum Gasteiger partial charge on any atom is 0.114 e. The third kappa shape index (κ3) is 2.27. The van der Waals surface area contributed by atoms with Crippen molar-refractivity contribution in [2.45, 2.75) is 13.8 Å². The number of aryl methyl sites for hydroxylation is 2. The van der Waals surface area contributed by atoms with Gasteiger partial charge >= 0.3 is 0 Å². The molecule has 3 nitrogen and oxygen atoms in total. The van der Waals surface area contributed by atoms with Crippen LogP contribution < -0.4 is 0 Å². The lowest BCUT2D eigenvalue weighted by molar-refractivity contribution is 1.19. The molecule has 1 N–H and O–H groups in total. The summed E-state index contributed by atoms with van der Waals surface area (Å²) in [5.74, 6) is 0. The van der Waals surface area contributed by atoms with Gasteiger partial charge in [-0.2, -0.15) is 5.11 Å². The summed E-state index contributed by atoms with van der Waals surface area (Å²) in [5.41, 5.74) is 5.14. The van der Waals surface area contributed by atoms with E-state index in [9.17, 15) is 0 Å². The number of nitrogens with zero attached hydrogens (tertiary/aromatic N) is 2. The van der Waals surface area contributed by atoms with Gasteiger partial charge in [-0.1, -0.05) is 35.9 Å². The number of azo groups is 1.